The monoisotopic (exact) mass is 367 g/mol. The van der Waals surface area contributed by atoms with E-state index in [9.17, 15) is 22.8 Å². The lowest BCUT2D eigenvalue weighted by Gasteiger charge is -2.34. The summed E-state index contributed by atoms with van der Waals surface area (Å²) in [6.45, 7) is 3.86. The lowest BCUT2D eigenvalue weighted by atomic mass is 9.81. The maximum absolute atomic E-state index is 12.5. The molecule has 3 rings (SSSR count). The number of alkyl halides is 3. The summed E-state index contributed by atoms with van der Waals surface area (Å²) in [5, 5.41) is 3.31. The van der Waals surface area contributed by atoms with Gasteiger partial charge in [-0.3, -0.25) is 14.5 Å². The summed E-state index contributed by atoms with van der Waals surface area (Å²) in [5.41, 5.74) is 0.670. The average molecular weight is 367 g/mol. The molecule has 2 aromatic rings. The Morgan fingerprint density at radius 2 is 1.69 bits per heavy atom. The lowest BCUT2D eigenvalue weighted by molar-refractivity contribution is -0.159. The van der Waals surface area contributed by atoms with Crippen LogP contribution in [-0.4, -0.2) is 26.9 Å². The van der Waals surface area contributed by atoms with Crippen molar-refractivity contribution in [3.63, 3.8) is 0 Å². The number of aromatic nitrogens is 2. The molecule has 2 heterocycles. The third kappa shape index (κ3) is 3.76. The molecular formula is C17H16F3N3O3. The van der Waals surface area contributed by atoms with Gasteiger partial charge >= 0.3 is 12.1 Å². The molecule has 1 saturated heterocycles. The van der Waals surface area contributed by atoms with Gasteiger partial charge in [-0.2, -0.15) is 18.2 Å². The van der Waals surface area contributed by atoms with Crippen LogP contribution in [0.5, 0.6) is 0 Å². The first-order valence-corrected chi connectivity index (χ1v) is 7.89. The quantitative estimate of drug-likeness (QED) is 0.777. The van der Waals surface area contributed by atoms with Crippen LogP contribution >= 0.6 is 0 Å². The third-order valence-corrected chi connectivity index (χ3v) is 4.08. The fourth-order valence-electron chi connectivity index (χ4n) is 2.79. The number of rotatable bonds is 3. The number of likely N-dealkylation sites (tertiary alicyclic amines) is 1. The van der Waals surface area contributed by atoms with Crippen molar-refractivity contribution in [2.24, 2.45) is 5.41 Å². The van der Waals surface area contributed by atoms with E-state index in [2.05, 4.69) is 14.7 Å². The number of hydrogen-bond acceptors (Lipinski definition) is 5. The van der Waals surface area contributed by atoms with Crippen LogP contribution in [0.3, 0.4) is 0 Å². The summed E-state index contributed by atoms with van der Waals surface area (Å²) < 4.78 is 41.7. The van der Waals surface area contributed by atoms with E-state index in [0.717, 1.165) is 0 Å². The number of benzene rings is 1. The molecule has 1 aliphatic rings. The Morgan fingerprint density at radius 3 is 2.19 bits per heavy atom. The molecule has 0 unspecified atom stereocenters. The van der Waals surface area contributed by atoms with Gasteiger partial charge in [-0.15, -0.1) is 0 Å². The largest absolute Gasteiger partial charge is 0.471 e. The summed E-state index contributed by atoms with van der Waals surface area (Å²) in [5.74, 6) is -2.06. The minimum Gasteiger partial charge on any atom is -0.329 e. The highest BCUT2D eigenvalue weighted by molar-refractivity contribution is 5.98. The van der Waals surface area contributed by atoms with Gasteiger partial charge in [0.2, 0.25) is 17.6 Å². The molecule has 1 fully saturated rings. The first-order valence-electron chi connectivity index (χ1n) is 7.89. The average Bonchev–Trinajstić information content (AvgIpc) is 3.01. The molecular weight excluding hydrogens is 351 g/mol. The zero-order chi connectivity index (χ0) is 19.1. The van der Waals surface area contributed by atoms with Gasteiger partial charge in [0.25, 0.3) is 0 Å². The smallest absolute Gasteiger partial charge is 0.329 e. The van der Waals surface area contributed by atoms with E-state index in [1.165, 1.54) is 17.0 Å². The number of halogens is 3. The number of piperidine rings is 1. The van der Waals surface area contributed by atoms with E-state index in [1.807, 2.05) is 13.8 Å². The summed E-state index contributed by atoms with van der Waals surface area (Å²) in [6.07, 6.45) is -4.12. The summed E-state index contributed by atoms with van der Waals surface area (Å²) in [6, 6.07) is 6.25. The van der Waals surface area contributed by atoms with Crippen LogP contribution in [0.2, 0.25) is 0 Å². The zero-order valence-corrected chi connectivity index (χ0v) is 14.1. The molecule has 0 bridgehead atoms. The minimum absolute atomic E-state index is 0.119. The van der Waals surface area contributed by atoms with Gasteiger partial charge in [-0.25, -0.2) is 0 Å². The van der Waals surface area contributed by atoms with E-state index in [-0.39, 0.29) is 29.6 Å². The Kier molecular flexibility index (Phi) is 4.33. The molecule has 1 aliphatic heterocycles. The highest BCUT2D eigenvalue weighted by Gasteiger charge is 2.39. The van der Waals surface area contributed by atoms with Crippen LogP contribution in [0.4, 0.5) is 13.2 Å². The van der Waals surface area contributed by atoms with Gasteiger partial charge in [-0.1, -0.05) is 43.3 Å². The molecule has 1 aromatic carbocycles. The molecule has 0 spiro atoms. The molecule has 0 radical (unpaired) electrons. The first kappa shape index (κ1) is 18.1. The summed E-state index contributed by atoms with van der Waals surface area (Å²) in [4.78, 5) is 28.9. The molecule has 26 heavy (non-hydrogen) atoms. The van der Waals surface area contributed by atoms with E-state index < -0.39 is 12.1 Å². The van der Waals surface area contributed by atoms with Gasteiger partial charge in [0, 0.05) is 18.4 Å². The van der Waals surface area contributed by atoms with Crippen LogP contribution < -0.4 is 0 Å². The van der Waals surface area contributed by atoms with Gasteiger partial charge in [-0.05, 0) is 11.0 Å². The maximum atomic E-state index is 12.5. The second-order valence-corrected chi connectivity index (χ2v) is 7.01. The van der Waals surface area contributed by atoms with Crippen LogP contribution in [-0.2, 0) is 22.3 Å². The van der Waals surface area contributed by atoms with E-state index in [1.54, 1.807) is 12.1 Å². The van der Waals surface area contributed by atoms with E-state index in [0.29, 0.717) is 24.0 Å². The van der Waals surface area contributed by atoms with Crippen molar-refractivity contribution >= 4 is 11.8 Å². The van der Waals surface area contributed by atoms with Crippen LogP contribution in [0.1, 0.15) is 38.1 Å². The fourth-order valence-corrected chi connectivity index (χ4v) is 2.79. The normalized spacial score (nSPS) is 17.7. The Bertz CT molecular complexity index is 821. The van der Waals surface area contributed by atoms with Crippen molar-refractivity contribution in [2.75, 3.05) is 0 Å². The highest BCUT2D eigenvalue weighted by Crippen LogP contribution is 2.32. The first-order chi connectivity index (χ1) is 12.0. The molecule has 0 aliphatic carbocycles. The Hall–Kier alpha value is -2.71. The van der Waals surface area contributed by atoms with Crippen LogP contribution in [0.15, 0.2) is 28.8 Å². The Balaban J connectivity index is 1.73. The van der Waals surface area contributed by atoms with E-state index >= 15 is 0 Å². The molecule has 0 atom stereocenters. The maximum Gasteiger partial charge on any atom is 0.471 e. The number of carbonyl (C=O) groups is 2. The minimum atomic E-state index is -4.70. The molecule has 0 saturated carbocycles. The molecule has 2 amide bonds. The van der Waals surface area contributed by atoms with Crippen molar-refractivity contribution in [3.8, 4) is 11.4 Å². The predicted octanol–water partition coefficient (Wildman–Crippen LogP) is 3.43. The number of carbonyl (C=O) groups excluding carboxylic acids is 2. The Morgan fingerprint density at radius 1 is 1.12 bits per heavy atom. The van der Waals surface area contributed by atoms with Gasteiger partial charge < -0.3 is 4.52 Å². The molecule has 9 heteroatoms. The Labute approximate surface area is 147 Å². The van der Waals surface area contributed by atoms with Crippen molar-refractivity contribution in [2.45, 2.75) is 39.4 Å². The van der Waals surface area contributed by atoms with Crippen LogP contribution in [0.25, 0.3) is 11.4 Å². The standard InChI is InChI=1S/C17H16F3N3O3/c1-16(2)7-12(24)23(13(25)8-16)9-10-3-5-11(6-4-10)14-21-15(26-22-14)17(18,19)20/h3-6H,7-9H2,1-2H3. The van der Waals surface area contributed by atoms with Crippen molar-refractivity contribution in [1.29, 1.82) is 0 Å². The van der Waals surface area contributed by atoms with Gasteiger partial charge in [0.1, 0.15) is 0 Å². The van der Waals surface area contributed by atoms with Crippen molar-refractivity contribution < 1.29 is 27.3 Å². The molecule has 138 valence electrons. The SMILES string of the molecule is CC1(C)CC(=O)N(Cc2ccc(-c3noc(C(F)(F)F)n3)cc2)C(=O)C1. The molecule has 6 nitrogen and oxygen atoms in total. The van der Waals surface area contributed by atoms with Crippen molar-refractivity contribution in [1.82, 2.24) is 15.0 Å². The predicted molar refractivity (Wildman–Crippen MR) is 83.3 cm³/mol. The number of nitrogens with zero attached hydrogens (tertiary/aromatic N) is 3. The fraction of sp³-hybridized carbons (Fsp3) is 0.412. The number of hydrogen-bond donors (Lipinski definition) is 0. The van der Waals surface area contributed by atoms with Crippen molar-refractivity contribution in [3.05, 3.63) is 35.7 Å². The highest BCUT2D eigenvalue weighted by atomic mass is 19.4. The topological polar surface area (TPSA) is 76.3 Å². The molecule has 1 aromatic heterocycles. The summed E-state index contributed by atoms with van der Waals surface area (Å²) >= 11 is 0. The van der Waals surface area contributed by atoms with E-state index in [4.69, 9.17) is 0 Å². The third-order valence-electron chi connectivity index (χ3n) is 4.08. The second-order valence-electron chi connectivity index (χ2n) is 7.01. The molecule has 0 N–H and O–H groups in total. The van der Waals surface area contributed by atoms with Crippen LogP contribution in [0, 0.1) is 5.41 Å². The second kappa shape index (κ2) is 6.22. The summed E-state index contributed by atoms with van der Waals surface area (Å²) in [7, 11) is 0. The lowest BCUT2D eigenvalue weighted by Crippen LogP contribution is -2.45. The van der Waals surface area contributed by atoms with Gasteiger partial charge in [0.15, 0.2) is 0 Å². The zero-order valence-electron chi connectivity index (χ0n) is 14.1. The number of amides is 2. The number of imide groups is 1. The van der Waals surface area contributed by atoms with Gasteiger partial charge in [0.05, 0.1) is 6.54 Å².